The van der Waals surface area contributed by atoms with Gasteiger partial charge in [0.05, 0.1) is 0 Å². The van der Waals surface area contributed by atoms with Crippen molar-refractivity contribution in [2.75, 3.05) is 10.6 Å². The van der Waals surface area contributed by atoms with Gasteiger partial charge in [-0.2, -0.15) is 0 Å². The van der Waals surface area contributed by atoms with Crippen LogP contribution >= 0.6 is 0 Å². The molecule has 0 aliphatic heterocycles. The van der Waals surface area contributed by atoms with Gasteiger partial charge in [0, 0.05) is 23.5 Å². The molecule has 0 atom stereocenters. The molecule has 0 aliphatic carbocycles. The van der Waals surface area contributed by atoms with Gasteiger partial charge in [-0.3, -0.25) is 9.59 Å². The third-order valence-electron chi connectivity index (χ3n) is 3.99. The fraction of sp³-hybridized carbons (Fsp3) is 0. The van der Waals surface area contributed by atoms with Crippen LogP contribution in [-0.4, -0.2) is 21.8 Å². The SMILES string of the molecule is O=C(Nc1ccccn1)c1cccc(F)c1.O=C(Nc1ccccn1)c1cccc(F)c1. The number of benzene rings is 2. The molecule has 2 N–H and O–H groups in total. The van der Waals surface area contributed by atoms with E-state index >= 15 is 0 Å². The molecule has 0 bridgehead atoms. The average molecular weight is 432 g/mol. The number of halogens is 2. The lowest BCUT2D eigenvalue weighted by atomic mass is 10.2. The van der Waals surface area contributed by atoms with Gasteiger partial charge < -0.3 is 10.6 Å². The Hall–Kier alpha value is -4.46. The van der Waals surface area contributed by atoms with Crippen molar-refractivity contribution >= 4 is 23.5 Å². The zero-order valence-electron chi connectivity index (χ0n) is 16.7. The first-order valence-electron chi connectivity index (χ1n) is 9.47. The van der Waals surface area contributed by atoms with Gasteiger partial charge in [-0.05, 0) is 60.7 Å². The number of pyridine rings is 2. The molecule has 4 aromatic rings. The molecule has 4 rings (SSSR count). The highest BCUT2D eigenvalue weighted by molar-refractivity contribution is 6.04. The lowest BCUT2D eigenvalue weighted by Gasteiger charge is -2.03. The maximum atomic E-state index is 12.9. The Kier molecular flexibility index (Phi) is 7.69. The van der Waals surface area contributed by atoms with Crippen LogP contribution in [0.25, 0.3) is 0 Å². The molecule has 2 amide bonds. The quantitative estimate of drug-likeness (QED) is 0.478. The number of hydrogen-bond donors (Lipinski definition) is 2. The fourth-order valence-corrected chi connectivity index (χ4v) is 2.51. The molecule has 0 radical (unpaired) electrons. The van der Waals surface area contributed by atoms with E-state index in [0.29, 0.717) is 11.6 Å². The van der Waals surface area contributed by atoms with E-state index in [-0.39, 0.29) is 22.9 Å². The summed E-state index contributed by atoms with van der Waals surface area (Å²) in [5.74, 6) is -0.743. The number of amides is 2. The van der Waals surface area contributed by atoms with Gasteiger partial charge in [0.15, 0.2) is 0 Å². The summed E-state index contributed by atoms with van der Waals surface area (Å²) in [5, 5.41) is 5.14. The average Bonchev–Trinajstić information content (AvgIpc) is 2.81. The van der Waals surface area contributed by atoms with Gasteiger partial charge in [0.2, 0.25) is 0 Å². The summed E-state index contributed by atoms with van der Waals surface area (Å²) >= 11 is 0. The second-order valence-corrected chi connectivity index (χ2v) is 6.36. The van der Waals surface area contributed by atoms with E-state index in [1.807, 2.05) is 0 Å². The Morgan fingerprint density at radius 1 is 0.594 bits per heavy atom. The van der Waals surface area contributed by atoms with E-state index in [4.69, 9.17) is 0 Å². The monoisotopic (exact) mass is 432 g/mol. The largest absolute Gasteiger partial charge is 0.307 e. The summed E-state index contributed by atoms with van der Waals surface area (Å²) in [6.07, 6.45) is 3.14. The summed E-state index contributed by atoms with van der Waals surface area (Å²) < 4.78 is 25.7. The van der Waals surface area contributed by atoms with E-state index in [0.717, 1.165) is 0 Å². The topological polar surface area (TPSA) is 84.0 Å². The summed E-state index contributed by atoms with van der Waals surface area (Å²) in [5.41, 5.74) is 0.538. The highest BCUT2D eigenvalue weighted by Crippen LogP contribution is 2.08. The van der Waals surface area contributed by atoms with E-state index < -0.39 is 11.6 Å². The molecule has 2 heterocycles. The first-order chi connectivity index (χ1) is 15.5. The van der Waals surface area contributed by atoms with E-state index in [9.17, 15) is 18.4 Å². The van der Waals surface area contributed by atoms with Crippen LogP contribution in [0.1, 0.15) is 20.7 Å². The lowest BCUT2D eigenvalue weighted by molar-refractivity contribution is 0.101. The molecule has 32 heavy (non-hydrogen) atoms. The standard InChI is InChI=1S/2C12H9FN2O/c2*13-10-5-3-4-9(8-10)12(16)15-11-6-1-2-7-14-11/h2*1-8H,(H,14,15,16). The molecule has 0 aliphatic rings. The second-order valence-electron chi connectivity index (χ2n) is 6.36. The predicted molar refractivity (Wildman–Crippen MR) is 117 cm³/mol. The lowest BCUT2D eigenvalue weighted by Crippen LogP contribution is -2.12. The number of aromatic nitrogens is 2. The summed E-state index contributed by atoms with van der Waals surface area (Å²) in [6, 6.07) is 21.3. The van der Waals surface area contributed by atoms with Crippen molar-refractivity contribution in [2.24, 2.45) is 0 Å². The van der Waals surface area contributed by atoms with Crippen molar-refractivity contribution in [2.45, 2.75) is 0 Å². The van der Waals surface area contributed by atoms with Gasteiger partial charge in [0.25, 0.3) is 11.8 Å². The smallest absolute Gasteiger partial charge is 0.256 e. The first-order valence-corrected chi connectivity index (χ1v) is 9.47. The zero-order chi connectivity index (χ0) is 22.8. The summed E-state index contributed by atoms with van der Waals surface area (Å²) in [7, 11) is 0. The van der Waals surface area contributed by atoms with Crippen LogP contribution in [0.3, 0.4) is 0 Å². The van der Waals surface area contributed by atoms with Crippen molar-refractivity contribution in [3.63, 3.8) is 0 Å². The Labute approximate surface area is 183 Å². The minimum absolute atomic E-state index is 0.269. The number of carbonyl (C=O) groups is 2. The minimum atomic E-state index is -0.436. The predicted octanol–water partition coefficient (Wildman–Crippen LogP) is 4.95. The molecule has 8 heteroatoms. The van der Waals surface area contributed by atoms with E-state index in [2.05, 4.69) is 20.6 Å². The Morgan fingerprint density at radius 3 is 1.38 bits per heavy atom. The molecular formula is C24H18F2N4O2. The maximum Gasteiger partial charge on any atom is 0.256 e. The molecule has 0 saturated carbocycles. The molecule has 6 nitrogen and oxygen atoms in total. The fourth-order valence-electron chi connectivity index (χ4n) is 2.51. The third-order valence-corrected chi connectivity index (χ3v) is 3.99. The number of hydrogen-bond acceptors (Lipinski definition) is 4. The first kappa shape index (κ1) is 22.2. The summed E-state index contributed by atoms with van der Waals surface area (Å²) in [4.78, 5) is 31.2. The van der Waals surface area contributed by atoms with Crippen LogP contribution in [0.2, 0.25) is 0 Å². The Balaban J connectivity index is 0.000000181. The molecule has 2 aromatic heterocycles. The van der Waals surface area contributed by atoms with Crippen LogP contribution in [0.5, 0.6) is 0 Å². The normalized spacial score (nSPS) is 9.81. The Morgan fingerprint density at radius 2 is 1.03 bits per heavy atom. The van der Waals surface area contributed by atoms with Crippen LogP contribution in [0, 0.1) is 11.6 Å². The van der Waals surface area contributed by atoms with E-state index in [1.54, 1.807) is 60.9 Å². The molecule has 160 valence electrons. The summed E-state index contributed by atoms with van der Waals surface area (Å²) in [6.45, 7) is 0. The number of anilines is 2. The van der Waals surface area contributed by atoms with Gasteiger partial charge in [0.1, 0.15) is 23.3 Å². The molecular weight excluding hydrogens is 414 g/mol. The number of rotatable bonds is 4. The minimum Gasteiger partial charge on any atom is -0.307 e. The van der Waals surface area contributed by atoms with Gasteiger partial charge in [-0.1, -0.05) is 24.3 Å². The van der Waals surface area contributed by atoms with Crippen LogP contribution in [0.4, 0.5) is 20.4 Å². The van der Waals surface area contributed by atoms with Crippen molar-refractivity contribution < 1.29 is 18.4 Å². The van der Waals surface area contributed by atoms with E-state index in [1.165, 1.54) is 36.4 Å². The van der Waals surface area contributed by atoms with Crippen molar-refractivity contribution in [3.05, 3.63) is 120 Å². The van der Waals surface area contributed by atoms with Crippen molar-refractivity contribution in [1.29, 1.82) is 0 Å². The second kappa shape index (κ2) is 11.1. The van der Waals surface area contributed by atoms with Gasteiger partial charge in [-0.25, -0.2) is 18.7 Å². The van der Waals surface area contributed by atoms with Crippen LogP contribution in [-0.2, 0) is 0 Å². The highest BCUT2D eigenvalue weighted by Gasteiger charge is 2.07. The molecule has 0 saturated heterocycles. The number of carbonyl (C=O) groups excluding carboxylic acids is 2. The van der Waals surface area contributed by atoms with Crippen molar-refractivity contribution in [3.8, 4) is 0 Å². The molecule has 0 spiro atoms. The van der Waals surface area contributed by atoms with Crippen LogP contribution < -0.4 is 10.6 Å². The molecule has 2 aromatic carbocycles. The van der Waals surface area contributed by atoms with Gasteiger partial charge in [-0.15, -0.1) is 0 Å². The zero-order valence-corrected chi connectivity index (χ0v) is 16.7. The van der Waals surface area contributed by atoms with Crippen molar-refractivity contribution in [1.82, 2.24) is 9.97 Å². The van der Waals surface area contributed by atoms with Gasteiger partial charge >= 0.3 is 0 Å². The Bertz CT molecular complexity index is 1090. The van der Waals surface area contributed by atoms with Crippen LogP contribution in [0.15, 0.2) is 97.3 Å². The maximum absolute atomic E-state index is 12.9. The highest BCUT2D eigenvalue weighted by atomic mass is 19.1. The number of nitrogens with one attached hydrogen (secondary N) is 2. The number of nitrogens with zero attached hydrogens (tertiary/aromatic N) is 2. The molecule has 0 fully saturated rings. The third kappa shape index (κ3) is 6.81. The molecule has 0 unspecified atom stereocenters.